The van der Waals surface area contributed by atoms with E-state index in [1.54, 1.807) is 0 Å². The summed E-state index contributed by atoms with van der Waals surface area (Å²) in [7, 11) is -4.40. The highest BCUT2D eigenvalue weighted by Crippen LogP contribution is 2.37. The van der Waals surface area contributed by atoms with Gasteiger partial charge in [0.1, 0.15) is 24.1 Å². The molecule has 3 aromatic rings. The van der Waals surface area contributed by atoms with Crippen LogP contribution in [0.25, 0.3) is 0 Å². The van der Waals surface area contributed by atoms with Crippen molar-refractivity contribution in [3.8, 4) is 0 Å². The molecule has 1 aliphatic heterocycles. The van der Waals surface area contributed by atoms with Gasteiger partial charge in [0, 0.05) is 47.4 Å². The van der Waals surface area contributed by atoms with Crippen LogP contribution in [0.3, 0.4) is 0 Å². The number of nitrogens with zero attached hydrogens (tertiary/aromatic N) is 4. The molecule has 1 saturated carbocycles. The average molecular weight is 562 g/mol. The number of fused-ring (bicyclic) bond motifs is 1. The van der Waals surface area contributed by atoms with Gasteiger partial charge in [-0.25, -0.2) is 15.0 Å². The molecule has 5 rings (SSSR count). The highest BCUT2D eigenvalue weighted by atomic mass is 32.2. The number of aromatic nitrogens is 4. The summed E-state index contributed by atoms with van der Waals surface area (Å²) >= 11 is 1.37. The van der Waals surface area contributed by atoms with Crippen molar-refractivity contribution in [3.63, 3.8) is 0 Å². The molecule has 4 N–H and O–H groups in total. The predicted octanol–water partition coefficient (Wildman–Crippen LogP) is 2.12. The van der Waals surface area contributed by atoms with Crippen molar-refractivity contribution >= 4 is 33.2 Å². The Labute approximate surface area is 224 Å². The van der Waals surface area contributed by atoms with Gasteiger partial charge in [0.15, 0.2) is 0 Å². The van der Waals surface area contributed by atoms with Crippen LogP contribution in [0.2, 0.25) is 0 Å². The Bertz CT molecular complexity index is 1470. The molecule has 38 heavy (non-hydrogen) atoms. The Morgan fingerprint density at radius 1 is 1.29 bits per heavy atom. The van der Waals surface area contributed by atoms with Crippen molar-refractivity contribution in [3.05, 3.63) is 63.2 Å². The van der Waals surface area contributed by atoms with E-state index in [1.807, 2.05) is 31.6 Å². The van der Waals surface area contributed by atoms with Crippen LogP contribution in [-0.4, -0.2) is 62.1 Å². The maximum Gasteiger partial charge on any atom is 0.333 e. The second-order valence-corrected chi connectivity index (χ2v) is 12.0. The summed E-state index contributed by atoms with van der Waals surface area (Å²) in [5, 5.41) is 13.5. The number of anilines is 1. The number of ketones is 1. The van der Waals surface area contributed by atoms with Crippen LogP contribution in [0.4, 0.5) is 5.82 Å². The Kier molecular flexibility index (Phi) is 7.37. The number of hydrogen-bond donors (Lipinski definition) is 4. The van der Waals surface area contributed by atoms with Crippen molar-refractivity contribution in [1.29, 1.82) is 0 Å². The topological polar surface area (TPSA) is 169 Å². The van der Waals surface area contributed by atoms with Gasteiger partial charge in [0.2, 0.25) is 5.78 Å². The molecule has 4 heterocycles. The lowest BCUT2D eigenvalue weighted by Crippen LogP contribution is -2.27. The number of hydrogen-bond acceptors (Lipinski definition) is 10. The average Bonchev–Trinajstić information content (AvgIpc) is 3.52. The summed E-state index contributed by atoms with van der Waals surface area (Å²) in [6, 6.07) is 1.57. The van der Waals surface area contributed by atoms with E-state index in [0.29, 0.717) is 30.1 Å². The van der Waals surface area contributed by atoms with Crippen LogP contribution in [0, 0.1) is 33.2 Å². The number of carbonyl (C=O) groups excluding carboxylic acids is 1. The van der Waals surface area contributed by atoms with Gasteiger partial charge in [-0.2, -0.15) is 13.1 Å². The van der Waals surface area contributed by atoms with Gasteiger partial charge < -0.3 is 19.7 Å². The van der Waals surface area contributed by atoms with E-state index in [0.717, 1.165) is 40.7 Å². The van der Waals surface area contributed by atoms with Crippen LogP contribution in [0.15, 0.2) is 18.6 Å². The lowest BCUT2D eigenvalue weighted by atomic mass is 10.1. The van der Waals surface area contributed by atoms with Gasteiger partial charge in [-0.3, -0.25) is 9.35 Å². The van der Waals surface area contributed by atoms with E-state index < -0.39 is 22.3 Å². The van der Waals surface area contributed by atoms with Crippen molar-refractivity contribution in [2.24, 2.45) is 5.92 Å². The molecule has 0 saturated heterocycles. The lowest BCUT2D eigenvalue weighted by molar-refractivity contribution is 0.0423. The molecule has 3 aromatic heterocycles. The predicted molar refractivity (Wildman–Crippen MR) is 139 cm³/mol. The third kappa shape index (κ3) is 5.37. The van der Waals surface area contributed by atoms with Crippen LogP contribution in [0.1, 0.15) is 61.8 Å². The zero-order valence-corrected chi connectivity index (χ0v) is 22.7. The summed E-state index contributed by atoms with van der Waals surface area (Å²) in [5.74, 6) is 0.405. The van der Waals surface area contributed by atoms with Crippen LogP contribution < -0.4 is 10.0 Å². The SMILES string of the molecule is Cc1nc2n(c1C)CCO[C@H]2c1cc(C(=O)c2cncnc2N[C@H]2C[C@H](O)[C@@H]([CH]NS(=O)(=O)O)C2)sc1C. The normalized spacial score (nSPS) is 23.4. The third-order valence-electron chi connectivity index (χ3n) is 7.09. The Hall–Kier alpha value is -2.75. The van der Waals surface area contributed by atoms with Crippen molar-refractivity contribution in [2.45, 2.75) is 58.4 Å². The fourth-order valence-corrected chi connectivity index (χ4v) is 6.40. The minimum atomic E-state index is -4.40. The summed E-state index contributed by atoms with van der Waals surface area (Å²) in [6.07, 6.45) is 2.27. The molecule has 1 radical (unpaired) electrons. The summed E-state index contributed by atoms with van der Waals surface area (Å²) in [4.78, 5) is 28.1. The van der Waals surface area contributed by atoms with Crippen molar-refractivity contribution < 1.29 is 27.6 Å². The second kappa shape index (κ2) is 10.4. The molecular weight excluding hydrogens is 532 g/mol. The molecule has 4 atom stereocenters. The fourth-order valence-electron chi connectivity index (χ4n) is 5.05. The first kappa shape index (κ1) is 26.8. The minimum Gasteiger partial charge on any atom is -0.393 e. The van der Waals surface area contributed by atoms with E-state index in [1.165, 1.54) is 23.9 Å². The molecule has 2 aliphatic rings. The number of aryl methyl sites for hydroxylation is 2. The smallest absolute Gasteiger partial charge is 0.333 e. The molecular formula is C24H29N6O6S2. The number of rotatable bonds is 8. The second-order valence-electron chi connectivity index (χ2n) is 9.58. The molecule has 0 aromatic carbocycles. The van der Waals surface area contributed by atoms with E-state index in [-0.39, 0.29) is 23.5 Å². The van der Waals surface area contributed by atoms with Gasteiger partial charge in [-0.15, -0.1) is 11.3 Å². The molecule has 0 unspecified atom stereocenters. The van der Waals surface area contributed by atoms with Gasteiger partial charge in [-0.05, 0) is 39.7 Å². The Balaban J connectivity index is 1.35. The molecule has 0 bridgehead atoms. The quantitative estimate of drug-likeness (QED) is 0.236. The van der Waals surface area contributed by atoms with Crippen LogP contribution in [-0.2, 0) is 21.6 Å². The summed E-state index contributed by atoms with van der Waals surface area (Å²) in [6.45, 7) is 8.43. The summed E-state index contributed by atoms with van der Waals surface area (Å²) in [5.41, 5.74) is 3.26. The molecule has 0 spiro atoms. The number of carbonyl (C=O) groups is 1. The van der Waals surface area contributed by atoms with E-state index in [2.05, 4.69) is 19.9 Å². The maximum atomic E-state index is 13.6. The zero-order valence-electron chi connectivity index (χ0n) is 21.1. The van der Waals surface area contributed by atoms with Crippen molar-refractivity contribution in [1.82, 2.24) is 24.2 Å². The largest absolute Gasteiger partial charge is 0.393 e. The van der Waals surface area contributed by atoms with Gasteiger partial charge in [0.05, 0.1) is 28.8 Å². The first-order chi connectivity index (χ1) is 18.0. The van der Waals surface area contributed by atoms with Gasteiger partial charge >= 0.3 is 10.3 Å². The number of ether oxygens (including phenoxy) is 1. The standard InChI is InChI=1S/C24H29N6O6S2/c1-12-13(2)30-4-5-36-22(24(30)28-12)17-8-20(37-14(17)3)21(32)18-10-25-11-26-23(18)29-16-6-15(19(31)7-16)9-27-38(33,34)35/h8-11,15-16,19,22,27,31H,4-7H2,1-3H3,(H,25,26,29)(H,33,34,35)/t15-,16-,19+,22+/m1/s1. The molecule has 1 fully saturated rings. The van der Waals surface area contributed by atoms with E-state index in [4.69, 9.17) is 14.3 Å². The minimum absolute atomic E-state index is 0.242. The van der Waals surface area contributed by atoms with Gasteiger partial charge in [0.25, 0.3) is 0 Å². The molecule has 1 aliphatic carbocycles. The Morgan fingerprint density at radius 3 is 2.84 bits per heavy atom. The van der Waals surface area contributed by atoms with Gasteiger partial charge in [-0.1, -0.05) is 0 Å². The number of thiophene rings is 1. The third-order valence-corrected chi connectivity index (χ3v) is 8.59. The van der Waals surface area contributed by atoms with E-state index >= 15 is 0 Å². The summed E-state index contributed by atoms with van der Waals surface area (Å²) < 4.78 is 41.0. The molecule has 12 nitrogen and oxygen atoms in total. The first-order valence-electron chi connectivity index (χ1n) is 12.1. The highest BCUT2D eigenvalue weighted by molar-refractivity contribution is 7.83. The van der Waals surface area contributed by atoms with Crippen molar-refractivity contribution in [2.75, 3.05) is 11.9 Å². The number of aliphatic hydroxyl groups is 1. The number of imidazole rings is 1. The van der Waals surface area contributed by atoms with Crippen LogP contribution in [0.5, 0.6) is 0 Å². The highest BCUT2D eigenvalue weighted by Gasteiger charge is 2.35. The monoisotopic (exact) mass is 561 g/mol. The van der Waals surface area contributed by atoms with Crippen LogP contribution >= 0.6 is 11.3 Å². The fraction of sp³-hybridized carbons (Fsp3) is 0.458. The lowest BCUT2D eigenvalue weighted by Gasteiger charge is -2.25. The number of nitrogens with one attached hydrogen (secondary N) is 2. The maximum absolute atomic E-state index is 13.6. The first-order valence-corrected chi connectivity index (χ1v) is 14.4. The molecule has 14 heteroatoms. The Morgan fingerprint density at radius 2 is 2.08 bits per heavy atom. The zero-order chi connectivity index (χ0) is 27.2. The number of aliphatic hydroxyl groups excluding tert-OH is 1. The van der Waals surface area contributed by atoms with E-state index in [9.17, 15) is 18.3 Å². The molecule has 0 amide bonds. The molecule has 203 valence electrons.